The number of quaternary nitrogens is 1. The third-order valence-corrected chi connectivity index (χ3v) is 6.65. The van der Waals surface area contributed by atoms with Crippen LogP contribution < -0.4 is 10.6 Å². The molecule has 1 saturated carbocycles. The Morgan fingerprint density at radius 2 is 1.85 bits per heavy atom. The van der Waals surface area contributed by atoms with Crippen molar-refractivity contribution in [2.75, 3.05) is 18.5 Å². The summed E-state index contributed by atoms with van der Waals surface area (Å²) in [5.41, 5.74) is 1.71. The van der Waals surface area contributed by atoms with Crippen molar-refractivity contribution in [2.45, 2.75) is 77.2 Å². The number of ether oxygens (including phenoxy) is 1. The molecule has 0 atom stereocenters. The van der Waals surface area contributed by atoms with Crippen LogP contribution in [0.1, 0.15) is 79.1 Å². The van der Waals surface area contributed by atoms with Gasteiger partial charge in [0.15, 0.2) is 6.54 Å². The molecule has 26 heavy (non-hydrogen) atoms. The Balaban J connectivity index is 1.65. The molecule has 2 aliphatic carbocycles. The zero-order valence-electron chi connectivity index (χ0n) is 15.8. The highest BCUT2D eigenvalue weighted by atomic mass is 32.1. The number of carbonyl (C=O) groups is 2. The van der Waals surface area contributed by atoms with Gasteiger partial charge in [-0.2, -0.15) is 0 Å². The van der Waals surface area contributed by atoms with E-state index in [0.29, 0.717) is 29.8 Å². The smallest absolute Gasteiger partial charge is 0.341 e. The molecule has 0 unspecified atom stereocenters. The van der Waals surface area contributed by atoms with Crippen LogP contribution in [0.25, 0.3) is 0 Å². The van der Waals surface area contributed by atoms with E-state index in [1.54, 1.807) is 11.3 Å². The topological polar surface area (TPSA) is 72.0 Å². The molecule has 0 bridgehead atoms. The highest BCUT2D eigenvalue weighted by Gasteiger charge is 2.27. The van der Waals surface area contributed by atoms with E-state index < -0.39 is 0 Å². The van der Waals surface area contributed by atoms with E-state index >= 15 is 0 Å². The quantitative estimate of drug-likeness (QED) is 0.589. The van der Waals surface area contributed by atoms with E-state index in [-0.39, 0.29) is 11.9 Å². The molecular weight excluding hydrogens is 348 g/mol. The van der Waals surface area contributed by atoms with E-state index in [9.17, 15) is 9.59 Å². The SMILES string of the molecule is CCOC(=O)c1c(NC(=O)C[NH2+]C2CCCCCC2)sc2c1CCCC2. The predicted octanol–water partition coefficient (Wildman–Crippen LogP) is 3.03. The van der Waals surface area contributed by atoms with Gasteiger partial charge in [0.05, 0.1) is 18.2 Å². The van der Waals surface area contributed by atoms with Crippen molar-refractivity contribution in [1.29, 1.82) is 0 Å². The highest BCUT2D eigenvalue weighted by Crippen LogP contribution is 2.38. The Morgan fingerprint density at radius 3 is 2.58 bits per heavy atom. The summed E-state index contributed by atoms with van der Waals surface area (Å²) in [5, 5.41) is 5.88. The first-order valence-electron chi connectivity index (χ1n) is 10.1. The third kappa shape index (κ3) is 4.86. The fourth-order valence-corrected chi connectivity index (χ4v) is 5.36. The average Bonchev–Trinajstić information content (AvgIpc) is 2.79. The molecule has 6 heteroatoms. The second kappa shape index (κ2) is 9.51. The molecule has 1 amide bonds. The minimum atomic E-state index is -0.296. The molecule has 144 valence electrons. The molecule has 1 aromatic rings. The van der Waals surface area contributed by atoms with Crippen molar-refractivity contribution in [3.63, 3.8) is 0 Å². The van der Waals surface area contributed by atoms with Crippen molar-refractivity contribution in [3.05, 3.63) is 16.0 Å². The van der Waals surface area contributed by atoms with E-state index in [1.165, 1.54) is 43.4 Å². The highest BCUT2D eigenvalue weighted by molar-refractivity contribution is 7.17. The zero-order valence-corrected chi connectivity index (χ0v) is 16.6. The Labute approximate surface area is 159 Å². The van der Waals surface area contributed by atoms with Gasteiger partial charge >= 0.3 is 5.97 Å². The number of anilines is 1. The first-order chi connectivity index (χ1) is 12.7. The number of carbonyl (C=O) groups excluding carboxylic acids is 2. The fraction of sp³-hybridized carbons (Fsp3) is 0.700. The van der Waals surface area contributed by atoms with Gasteiger partial charge in [-0.25, -0.2) is 4.79 Å². The average molecular weight is 380 g/mol. The molecular formula is C20H31N2O3S+. The normalized spacial score (nSPS) is 18.0. The van der Waals surface area contributed by atoms with Crippen LogP contribution in [-0.4, -0.2) is 31.1 Å². The molecule has 0 aromatic carbocycles. The lowest BCUT2D eigenvalue weighted by Gasteiger charge is -2.13. The fourth-order valence-electron chi connectivity index (χ4n) is 4.07. The molecule has 1 heterocycles. The number of thiophene rings is 1. The molecule has 0 spiro atoms. The van der Waals surface area contributed by atoms with E-state index in [1.807, 2.05) is 6.92 Å². The summed E-state index contributed by atoms with van der Waals surface area (Å²) in [6.07, 6.45) is 11.7. The van der Waals surface area contributed by atoms with Crippen LogP contribution in [0.2, 0.25) is 0 Å². The lowest BCUT2D eigenvalue weighted by molar-refractivity contribution is -0.680. The number of rotatable bonds is 6. The number of fused-ring (bicyclic) bond motifs is 1. The summed E-state index contributed by atoms with van der Waals surface area (Å²) < 4.78 is 5.25. The summed E-state index contributed by atoms with van der Waals surface area (Å²) in [5.74, 6) is -0.312. The largest absolute Gasteiger partial charge is 0.462 e. The van der Waals surface area contributed by atoms with Crippen molar-refractivity contribution in [2.24, 2.45) is 0 Å². The predicted molar refractivity (Wildman–Crippen MR) is 104 cm³/mol. The molecule has 3 N–H and O–H groups in total. The van der Waals surface area contributed by atoms with Crippen LogP contribution >= 0.6 is 11.3 Å². The summed E-state index contributed by atoms with van der Waals surface area (Å²) >= 11 is 1.56. The first-order valence-corrected chi connectivity index (χ1v) is 11.0. The first kappa shape index (κ1) is 19.4. The minimum Gasteiger partial charge on any atom is -0.462 e. The maximum Gasteiger partial charge on any atom is 0.341 e. The number of nitrogens with two attached hydrogens (primary N) is 1. The number of hydrogen-bond donors (Lipinski definition) is 2. The van der Waals surface area contributed by atoms with Crippen molar-refractivity contribution in [3.8, 4) is 0 Å². The second-order valence-corrected chi connectivity index (χ2v) is 8.48. The van der Waals surface area contributed by atoms with Crippen LogP contribution in [0.5, 0.6) is 0 Å². The van der Waals surface area contributed by atoms with Crippen LogP contribution in [0.15, 0.2) is 0 Å². The Bertz CT molecular complexity index is 633. The lowest BCUT2D eigenvalue weighted by atomic mass is 9.95. The summed E-state index contributed by atoms with van der Waals surface area (Å²) in [6.45, 7) is 2.60. The van der Waals surface area contributed by atoms with Crippen molar-refractivity contribution < 1.29 is 19.6 Å². The van der Waals surface area contributed by atoms with E-state index in [0.717, 1.165) is 31.2 Å². The monoisotopic (exact) mass is 379 g/mol. The van der Waals surface area contributed by atoms with Gasteiger partial charge in [-0.15, -0.1) is 11.3 Å². The van der Waals surface area contributed by atoms with Gasteiger partial charge in [-0.3, -0.25) is 4.79 Å². The van der Waals surface area contributed by atoms with Gasteiger partial charge in [0.2, 0.25) is 0 Å². The summed E-state index contributed by atoms with van der Waals surface area (Å²) in [4.78, 5) is 26.2. The third-order valence-electron chi connectivity index (χ3n) is 5.44. The second-order valence-electron chi connectivity index (χ2n) is 7.38. The van der Waals surface area contributed by atoms with Gasteiger partial charge in [-0.05, 0) is 63.9 Å². The van der Waals surface area contributed by atoms with Gasteiger partial charge in [0.25, 0.3) is 5.91 Å². The van der Waals surface area contributed by atoms with Crippen LogP contribution in [0.3, 0.4) is 0 Å². The van der Waals surface area contributed by atoms with Crippen LogP contribution in [0, 0.1) is 0 Å². The van der Waals surface area contributed by atoms with Gasteiger partial charge < -0.3 is 15.4 Å². The number of nitrogens with one attached hydrogen (secondary N) is 1. The standard InChI is InChI=1S/C20H30N2O3S/c1-2-25-20(24)18-15-11-7-8-12-16(15)26-19(18)22-17(23)13-21-14-9-5-3-4-6-10-14/h14,21H,2-13H2,1H3,(H,22,23)/p+1. The molecule has 3 rings (SSSR count). The number of hydrogen-bond acceptors (Lipinski definition) is 4. The molecule has 1 aromatic heterocycles. The Kier molecular flexibility index (Phi) is 7.08. The molecule has 5 nitrogen and oxygen atoms in total. The summed E-state index contributed by atoms with van der Waals surface area (Å²) in [7, 11) is 0. The minimum absolute atomic E-state index is 0.0154. The van der Waals surface area contributed by atoms with E-state index in [2.05, 4.69) is 10.6 Å². The zero-order chi connectivity index (χ0) is 18.4. The maximum atomic E-state index is 12.5. The molecule has 0 saturated heterocycles. The van der Waals surface area contributed by atoms with Gasteiger partial charge in [0, 0.05) is 4.88 Å². The molecule has 0 radical (unpaired) electrons. The molecule has 0 aliphatic heterocycles. The van der Waals surface area contributed by atoms with Crippen molar-refractivity contribution in [1.82, 2.24) is 0 Å². The number of amides is 1. The number of esters is 1. The number of aryl methyl sites for hydroxylation is 1. The van der Waals surface area contributed by atoms with Gasteiger partial charge in [-0.1, -0.05) is 12.8 Å². The Hall–Kier alpha value is -1.40. The van der Waals surface area contributed by atoms with Crippen LogP contribution in [0.4, 0.5) is 5.00 Å². The Morgan fingerprint density at radius 1 is 1.12 bits per heavy atom. The van der Waals surface area contributed by atoms with Crippen LogP contribution in [-0.2, 0) is 22.4 Å². The van der Waals surface area contributed by atoms with Crippen molar-refractivity contribution >= 4 is 28.2 Å². The molecule has 1 fully saturated rings. The van der Waals surface area contributed by atoms with E-state index in [4.69, 9.17) is 4.74 Å². The van der Waals surface area contributed by atoms with Gasteiger partial charge in [0.1, 0.15) is 5.00 Å². The molecule has 2 aliphatic rings. The lowest BCUT2D eigenvalue weighted by Crippen LogP contribution is -2.91. The summed E-state index contributed by atoms with van der Waals surface area (Å²) in [6, 6.07) is 0.560. The maximum absolute atomic E-state index is 12.5.